The number of carbonyl (C=O) groups excluding carboxylic acids is 2. The van der Waals surface area contributed by atoms with E-state index in [1.54, 1.807) is 0 Å². The molecule has 1 aliphatic heterocycles. The van der Waals surface area contributed by atoms with Crippen molar-refractivity contribution in [2.75, 3.05) is 19.7 Å². The Kier molecular flexibility index (Phi) is 6.65. The quantitative estimate of drug-likeness (QED) is 0.757. The molecule has 1 fully saturated rings. The lowest BCUT2D eigenvalue weighted by Crippen LogP contribution is -2.49. The highest BCUT2D eigenvalue weighted by atomic mass is 16.3. The maximum Gasteiger partial charge on any atom is 0.225 e. The minimum atomic E-state index is -0.395. The van der Waals surface area contributed by atoms with E-state index in [2.05, 4.69) is 12.2 Å². The molecule has 5 heteroatoms. The third kappa shape index (κ3) is 5.30. The van der Waals surface area contributed by atoms with Crippen LogP contribution in [0.5, 0.6) is 0 Å². The van der Waals surface area contributed by atoms with Crippen molar-refractivity contribution in [2.24, 2.45) is 11.3 Å². The van der Waals surface area contributed by atoms with E-state index in [0.29, 0.717) is 25.3 Å². The fourth-order valence-electron chi connectivity index (χ4n) is 2.69. The van der Waals surface area contributed by atoms with Crippen molar-refractivity contribution < 1.29 is 14.7 Å². The highest BCUT2D eigenvalue weighted by molar-refractivity contribution is 5.81. The summed E-state index contributed by atoms with van der Waals surface area (Å²) in [4.78, 5) is 25.8. The summed E-state index contributed by atoms with van der Waals surface area (Å²) in [5.74, 6) is 0.452. The average molecular weight is 298 g/mol. The van der Waals surface area contributed by atoms with E-state index in [0.717, 1.165) is 19.4 Å². The van der Waals surface area contributed by atoms with Gasteiger partial charge in [-0.05, 0) is 25.2 Å². The summed E-state index contributed by atoms with van der Waals surface area (Å²) in [5, 5.41) is 12.3. The van der Waals surface area contributed by atoms with Crippen LogP contribution in [0.25, 0.3) is 0 Å². The minimum Gasteiger partial charge on any atom is -0.394 e. The molecule has 1 aliphatic rings. The molecule has 1 saturated heterocycles. The van der Waals surface area contributed by atoms with Crippen LogP contribution < -0.4 is 5.32 Å². The molecule has 0 saturated carbocycles. The van der Waals surface area contributed by atoms with Crippen molar-refractivity contribution in [2.45, 2.75) is 59.4 Å². The zero-order valence-corrected chi connectivity index (χ0v) is 13.8. The number of hydrogen-bond donors (Lipinski definition) is 2. The first kappa shape index (κ1) is 18.0. The fourth-order valence-corrected chi connectivity index (χ4v) is 2.69. The Bertz CT molecular complexity index is 363. The number of likely N-dealkylation sites (tertiary alicyclic amines) is 1. The summed E-state index contributed by atoms with van der Waals surface area (Å²) in [6.45, 7) is 8.99. The zero-order valence-electron chi connectivity index (χ0n) is 13.8. The molecule has 0 aliphatic carbocycles. The number of rotatable bonds is 5. The van der Waals surface area contributed by atoms with Crippen LogP contribution in [0.4, 0.5) is 0 Å². The highest BCUT2D eigenvalue weighted by Crippen LogP contribution is 2.23. The number of aliphatic hydroxyl groups excluding tert-OH is 1. The van der Waals surface area contributed by atoms with Gasteiger partial charge in [-0.25, -0.2) is 0 Å². The molecule has 5 nitrogen and oxygen atoms in total. The number of amides is 2. The van der Waals surface area contributed by atoms with E-state index < -0.39 is 5.41 Å². The molecule has 0 radical (unpaired) electrons. The van der Waals surface area contributed by atoms with Gasteiger partial charge < -0.3 is 15.3 Å². The van der Waals surface area contributed by atoms with Crippen molar-refractivity contribution in [3.05, 3.63) is 0 Å². The fraction of sp³-hybridized carbons (Fsp3) is 0.875. The van der Waals surface area contributed by atoms with Crippen LogP contribution >= 0.6 is 0 Å². The molecule has 0 spiro atoms. The normalized spacial score (nSPS) is 23.0. The Labute approximate surface area is 128 Å². The number of carbonyl (C=O) groups is 2. The van der Waals surface area contributed by atoms with Crippen LogP contribution in [0.3, 0.4) is 0 Å². The van der Waals surface area contributed by atoms with Crippen LogP contribution in [0, 0.1) is 11.3 Å². The number of piperidine rings is 1. The first-order valence-electron chi connectivity index (χ1n) is 7.96. The van der Waals surface area contributed by atoms with E-state index >= 15 is 0 Å². The predicted molar refractivity (Wildman–Crippen MR) is 82.7 cm³/mol. The maximum atomic E-state index is 12.3. The van der Waals surface area contributed by atoms with Crippen LogP contribution in [0.1, 0.15) is 53.4 Å². The summed E-state index contributed by atoms with van der Waals surface area (Å²) < 4.78 is 0. The molecule has 2 atom stereocenters. The Balaban J connectivity index is 2.35. The van der Waals surface area contributed by atoms with Gasteiger partial charge in [-0.15, -0.1) is 0 Å². The molecule has 21 heavy (non-hydrogen) atoms. The van der Waals surface area contributed by atoms with Gasteiger partial charge >= 0.3 is 0 Å². The largest absolute Gasteiger partial charge is 0.394 e. The molecule has 0 bridgehead atoms. The van der Waals surface area contributed by atoms with E-state index in [4.69, 9.17) is 0 Å². The topological polar surface area (TPSA) is 69.6 Å². The van der Waals surface area contributed by atoms with Crippen molar-refractivity contribution in [1.29, 1.82) is 0 Å². The molecule has 2 amide bonds. The van der Waals surface area contributed by atoms with Crippen molar-refractivity contribution in [3.63, 3.8) is 0 Å². The molecular weight excluding hydrogens is 268 g/mol. The second-order valence-electron chi connectivity index (χ2n) is 7.07. The first-order valence-corrected chi connectivity index (χ1v) is 7.96. The van der Waals surface area contributed by atoms with Crippen LogP contribution in [-0.4, -0.2) is 47.6 Å². The van der Waals surface area contributed by atoms with Gasteiger partial charge in [0, 0.05) is 24.9 Å². The lowest BCUT2D eigenvalue weighted by Gasteiger charge is -2.39. The molecular formula is C16H30N2O3. The standard InChI is InChI=1S/C16H30N2O3/c1-12-7-6-10-18(13(12)11-19)14(20)8-5-9-17-15(21)16(2,3)4/h12-13,19H,5-11H2,1-4H3,(H,17,21). The highest BCUT2D eigenvalue weighted by Gasteiger charge is 2.30. The second-order valence-corrected chi connectivity index (χ2v) is 7.07. The van der Waals surface area contributed by atoms with Crippen molar-refractivity contribution in [1.82, 2.24) is 10.2 Å². The van der Waals surface area contributed by atoms with Crippen LogP contribution in [0.2, 0.25) is 0 Å². The van der Waals surface area contributed by atoms with Crippen LogP contribution in [0.15, 0.2) is 0 Å². The lowest BCUT2D eigenvalue weighted by molar-refractivity contribution is -0.138. The summed E-state index contributed by atoms with van der Waals surface area (Å²) in [6.07, 6.45) is 3.14. The number of hydrogen-bond acceptors (Lipinski definition) is 3. The summed E-state index contributed by atoms with van der Waals surface area (Å²) >= 11 is 0. The molecule has 2 unspecified atom stereocenters. The number of aliphatic hydroxyl groups is 1. The molecule has 2 N–H and O–H groups in total. The minimum absolute atomic E-state index is 0.00905. The second kappa shape index (κ2) is 7.78. The smallest absolute Gasteiger partial charge is 0.225 e. The number of nitrogens with zero attached hydrogens (tertiary/aromatic N) is 1. The molecule has 1 rings (SSSR count). The predicted octanol–water partition coefficient (Wildman–Crippen LogP) is 1.55. The van der Waals surface area contributed by atoms with E-state index in [9.17, 15) is 14.7 Å². The third-order valence-corrected chi connectivity index (χ3v) is 4.16. The number of nitrogens with one attached hydrogen (secondary N) is 1. The van der Waals surface area contributed by atoms with Gasteiger partial charge in [-0.2, -0.15) is 0 Å². The zero-order chi connectivity index (χ0) is 16.0. The van der Waals surface area contributed by atoms with Gasteiger partial charge in [-0.1, -0.05) is 27.7 Å². The Hall–Kier alpha value is -1.10. The molecule has 1 heterocycles. The van der Waals surface area contributed by atoms with Crippen LogP contribution in [-0.2, 0) is 9.59 Å². The Morgan fingerprint density at radius 1 is 1.33 bits per heavy atom. The van der Waals surface area contributed by atoms with Gasteiger partial charge in [0.15, 0.2) is 0 Å². The summed E-state index contributed by atoms with van der Waals surface area (Å²) in [5.41, 5.74) is -0.395. The molecule has 122 valence electrons. The first-order chi connectivity index (χ1) is 9.77. The monoisotopic (exact) mass is 298 g/mol. The SMILES string of the molecule is CC1CCCN(C(=O)CCCNC(=O)C(C)(C)C)C1CO. The Morgan fingerprint density at radius 3 is 2.57 bits per heavy atom. The summed E-state index contributed by atoms with van der Waals surface area (Å²) in [7, 11) is 0. The lowest BCUT2D eigenvalue weighted by atomic mass is 9.91. The average Bonchev–Trinajstić information content (AvgIpc) is 2.41. The van der Waals surface area contributed by atoms with Crippen molar-refractivity contribution >= 4 is 11.8 Å². The maximum absolute atomic E-state index is 12.3. The van der Waals surface area contributed by atoms with Gasteiger partial charge in [-0.3, -0.25) is 9.59 Å². The Morgan fingerprint density at radius 2 is 2.00 bits per heavy atom. The van der Waals surface area contributed by atoms with Gasteiger partial charge in [0.1, 0.15) is 0 Å². The van der Waals surface area contributed by atoms with E-state index in [-0.39, 0.29) is 24.5 Å². The van der Waals surface area contributed by atoms with Gasteiger partial charge in [0.05, 0.1) is 12.6 Å². The third-order valence-electron chi connectivity index (χ3n) is 4.16. The molecule has 0 aromatic heterocycles. The molecule has 0 aromatic rings. The van der Waals surface area contributed by atoms with Gasteiger partial charge in [0.25, 0.3) is 0 Å². The molecule has 0 aromatic carbocycles. The van der Waals surface area contributed by atoms with Gasteiger partial charge in [0.2, 0.25) is 11.8 Å². The van der Waals surface area contributed by atoms with E-state index in [1.165, 1.54) is 0 Å². The van der Waals surface area contributed by atoms with Crippen molar-refractivity contribution in [3.8, 4) is 0 Å². The summed E-state index contributed by atoms with van der Waals surface area (Å²) in [6, 6.07) is -0.0459. The van der Waals surface area contributed by atoms with E-state index in [1.807, 2.05) is 25.7 Å².